The van der Waals surface area contributed by atoms with Crippen molar-refractivity contribution >= 4 is 37.6 Å². The van der Waals surface area contributed by atoms with Gasteiger partial charge in [-0.15, -0.1) is 0 Å². The van der Waals surface area contributed by atoms with Gasteiger partial charge in [-0.3, -0.25) is 4.79 Å². The standard InChI is InChI=1S/C15H10Br2F2O/c1-7-5-9(6-8(2)13(7)17)15(20)12-11(18)4-3-10(16)14(12)19/h3-6H,1-2H3. The maximum atomic E-state index is 14.0. The van der Waals surface area contributed by atoms with Crippen LogP contribution in [0, 0.1) is 25.5 Å². The molecule has 0 spiro atoms. The van der Waals surface area contributed by atoms with E-state index in [4.69, 9.17) is 0 Å². The van der Waals surface area contributed by atoms with Crippen LogP contribution in [-0.4, -0.2) is 5.78 Å². The predicted octanol–water partition coefficient (Wildman–Crippen LogP) is 5.34. The van der Waals surface area contributed by atoms with E-state index in [0.717, 1.165) is 21.7 Å². The minimum Gasteiger partial charge on any atom is -0.288 e. The van der Waals surface area contributed by atoms with Crippen molar-refractivity contribution in [2.75, 3.05) is 0 Å². The number of benzene rings is 2. The first-order valence-electron chi connectivity index (χ1n) is 5.78. The van der Waals surface area contributed by atoms with Crippen LogP contribution in [0.25, 0.3) is 0 Å². The average Bonchev–Trinajstić information content (AvgIpc) is 2.40. The van der Waals surface area contributed by atoms with Crippen LogP contribution >= 0.6 is 31.9 Å². The number of halogens is 4. The second-order valence-electron chi connectivity index (χ2n) is 4.47. The Labute approximate surface area is 132 Å². The van der Waals surface area contributed by atoms with Crippen LogP contribution in [-0.2, 0) is 0 Å². The van der Waals surface area contributed by atoms with Gasteiger partial charge in [-0.1, -0.05) is 15.9 Å². The lowest BCUT2D eigenvalue weighted by molar-refractivity contribution is 0.103. The Balaban J connectivity index is 2.61. The topological polar surface area (TPSA) is 17.1 Å². The van der Waals surface area contributed by atoms with Gasteiger partial charge in [0.15, 0.2) is 11.6 Å². The van der Waals surface area contributed by atoms with Crippen molar-refractivity contribution in [3.05, 3.63) is 67.1 Å². The number of rotatable bonds is 2. The highest BCUT2D eigenvalue weighted by atomic mass is 79.9. The number of carbonyl (C=O) groups excluding carboxylic acids is 1. The van der Waals surface area contributed by atoms with Crippen molar-refractivity contribution in [3.8, 4) is 0 Å². The summed E-state index contributed by atoms with van der Waals surface area (Å²) in [5.41, 5.74) is 1.40. The quantitative estimate of drug-likeness (QED) is 0.488. The summed E-state index contributed by atoms with van der Waals surface area (Å²) in [6, 6.07) is 5.52. The van der Waals surface area contributed by atoms with Gasteiger partial charge in [-0.25, -0.2) is 8.78 Å². The Kier molecular flexibility index (Phi) is 4.39. The summed E-state index contributed by atoms with van der Waals surface area (Å²) in [6.45, 7) is 3.64. The third-order valence-electron chi connectivity index (χ3n) is 2.97. The molecule has 0 fully saturated rings. The molecule has 0 radical (unpaired) electrons. The second kappa shape index (κ2) is 5.74. The fourth-order valence-corrected chi connectivity index (χ4v) is 2.52. The molecule has 1 nitrogen and oxygen atoms in total. The van der Waals surface area contributed by atoms with Crippen molar-refractivity contribution in [2.24, 2.45) is 0 Å². The zero-order valence-corrected chi connectivity index (χ0v) is 13.9. The minimum absolute atomic E-state index is 0.0628. The van der Waals surface area contributed by atoms with Crippen molar-refractivity contribution < 1.29 is 13.6 Å². The van der Waals surface area contributed by atoms with Gasteiger partial charge in [-0.2, -0.15) is 0 Å². The maximum absolute atomic E-state index is 14.0. The van der Waals surface area contributed by atoms with E-state index in [9.17, 15) is 13.6 Å². The Hall–Kier alpha value is -1.07. The molecule has 2 rings (SSSR count). The van der Waals surface area contributed by atoms with Crippen LogP contribution in [0.5, 0.6) is 0 Å². The summed E-state index contributed by atoms with van der Waals surface area (Å²) in [6.07, 6.45) is 0. The number of carbonyl (C=O) groups is 1. The van der Waals surface area contributed by atoms with Crippen LogP contribution in [0.1, 0.15) is 27.0 Å². The summed E-state index contributed by atoms with van der Waals surface area (Å²) in [5.74, 6) is -2.41. The molecule has 0 aliphatic carbocycles. The molecule has 0 atom stereocenters. The maximum Gasteiger partial charge on any atom is 0.199 e. The largest absolute Gasteiger partial charge is 0.288 e. The molecule has 104 valence electrons. The number of hydrogen-bond acceptors (Lipinski definition) is 1. The molecule has 0 aliphatic rings. The molecular weight excluding hydrogens is 394 g/mol. The van der Waals surface area contributed by atoms with Crippen molar-refractivity contribution in [1.29, 1.82) is 0 Å². The molecule has 0 unspecified atom stereocenters. The summed E-state index contributed by atoms with van der Waals surface area (Å²) < 4.78 is 28.7. The van der Waals surface area contributed by atoms with Gasteiger partial charge in [0, 0.05) is 10.0 Å². The molecule has 2 aromatic rings. The van der Waals surface area contributed by atoms with E-state index < -0.39 is 23.0 Å². The van der Waals surface area contributed by atoms with E-state index in [1.165, 1.54) is 6.07 Å². The first kappa shape index (κ1) is 15.3. The molecule has 0 saturated carbocycles. The van der Waals surface area contributed by atoms with E-state index in [0.29, 0.717) is 0 Å². The van der Waals surface area contributed by atoms with E-state index in [1.54, 1.807) is 12.1 Å². The molecule has 20 heavy (non-hydrogen) atoms. The van der Waals surface area contributed by atoms with Gasteiger partial charge in [-0.05, 0) is 65.2 Å². The molecule has 0 aromatic heterocycles. The zero-order valence-electron chi connectivity index (χ0n) is 10.7. The molecule has 5 heteroatoms. The van der Waals surface area contributed by atoms with E-state index in [-0.39, 0.29) is 10.0 Å². The monoisotopic (exact) mass is 402 g/mol. The fraction of sp³-hybridized carbons (Fsp3) is 0.133. The highest BCUT2D eigenvalue weighted by Crippen LogP contribution is 2.27. The first-order valence-corrected chi connectivity index (χ1v) is 7.36. The summed E-state index contributed by atoms with van der Waals surface area (Å²) in [4.78, 5) is 12.3. The molecule has 0 N–H and O–H groups in total. The number of aryl methyl sites for hydroxylation is 2. The van der Waals surface area contributed by atoms with Crippen LogP contribution < -0.4 is 0 Å². The predicted molar refractivity (Wildman–Crippen MR) is 81.1 cm³/mol. The summed E-state index contributed by atoms with van der Waals surface area (Å²) in [7, 11) is 0. The van der Waals surface area contributed by atoms with Crippen molar-refractivity contribution in [2.45, 2.75) is 13.8 Å². The highest BCUT2D eigenvalue weighted by molar-refractivity contribution is 9.10. The normalized spacial score (nSPS) is 10.7. The van der Waals surface area contributed by atoms with Crippen LogP contribution in [0.2, 0.25) is 0 Å². The van der Waals surface area contributed by atoms with Gasteiger partial charge >= 0.3 is 0 Å². The van der Waals surface area contributed by atoms with Crippen LogP contribution in [0.3, 0.4) is 0 Å². The molecular formula is C15H10Br2F2O. The van der Waals surface area contributed by atoms with E-state index >= 15 is 0 Å². The smallest absolute Gasteiger partial charge is 0.199 e. The Morgan fingerprint density at radius 3 is 2.15 bits per heavy atom. The van der Waals surface area contributed by atoms with Gasteiger partial charge in [0.25, 0.3) is 0 Å². The molecule has 0 bridgehead atoms. The molecule has 0 aliphatic heterocycles. The Morgan fingerprint density at radius 2 is 1.60 bits per heavy atom. The van der Waals surface area contributed by atoms with Crippen LogP contribution in [0.15, 0.2) is 33.2 Å². The zero-order chi connectivity index (χ0) is 15.0. The minimum atomic E-state index is -0.881. The van der Waals surface area contributed by atoms with Gasteiger partial charge in [0.1, 0.15) is 5.82 Å². The number of ketones is 1. The third kappa shape index (κ3) is 2.69. The average molecular weight is 404 g/mol. The Morgan fingerprint density at radius 1 is 1.05 bits per heavy atom. The lowest BCUT2D eigenvalue weighted by Gasteiger charge is -2.09. The summed E-state index contributed by atoms with van der Waals surface area (Å²) >= 11 is 6.35. The van der Waals surface area contributed by atoms with Gasteiger partial charge in [0.2, 0.25) is 0 Å². The van der Waals surface area contributed by atoms with Gasteiger partial charge in [0.05, 0.1) is 10.0 Å². The van der Waals surface area contributed by atoms with Crippen molar-refractivity contribution in [3.63, 3.8) is 0 Å². The molecule has 0 heterocycles. The number of hydrogen-bond donors (Lipinski definition) is 0. The molecule has 2 aromatic carbocycles. The Bertz CT molecular complexity index is 688. The highest BCUT2D eigenvalue weighted by Gasteiger charge is 2.21. The lowest BCUT2D eigenvalue weighted by Crippen LogP contribution is -2.09. The SMILES string of the molecule is Cc1cc(C(=O)c2c(F)ccc(Br)c2F)cc(C)c1Br. The van der Waals surface area contributed by atoms with Crippen LogP contribution in [0.4, 0.5) is 8.78 Å². The van der Waals surface area contributed by atoms with Gasteiger partial charge < -0.3 is 0 Å². The third-order valence-corrected chi connectivity index (χ3v) is 4.83. The van der Waals surface area contributed by atoms with Crippen molar-refractivity contribution in [1.82, 2.24) is 0 Å². The molecule has 0 saturated heterocycles. The van der Waals surface area contributed by atoms with E-state index in [1.807, 2.05) is 13.8 Å². The lowest BCUT2D eigenvalue weighted by atomic mass is 9.99. The van der Waals surface area contributed by atoms with E-state index in [2.05, 4.69) is 31.9 Å². The molecule has 0 amide bonds. The fourth-order valence-electron chi connectivity index (χ4n) is 1.96. The summed E-state index contributed by atoms with van der Waals surface area (Å²) in [5, 5.41) is 0. The second-order valence-corrected chi connectivity index (χ2v) is 6.12. The first-order chi connectivity index (χ1) is 9.32.